The molecular weight excluding hydrogens is 344 g/mol. The molecule has 1 saturated heterocycles. The number of hydrogen-bond donors (Lipinski definition) is 1. The molecule has 0 bridgehead atoms. The Balaban J connectivity index is 1.64. The van der Waals surface area contributed by atoms with Crippen LogP contribution in [0.1, 0.15) is 17.5 Å². The van der Waals surface area contributed by atoms with E-state index in [0.717, 1.165) is 5.56 Å². The summed E-state index contributed by atoms with van der Waals surface area (Å²) in [5, 5.41) is 2.87. The third kappa shape index (κ3) is 4.39. The van der Waals surface area contributed by atoms with Crippen molar-refractivity contribution in [2.24, 2.45) is 5.92 Å². The first-order chi connectivity index (χ1) is 13.0. The first-order valence-corrected chi connectivity index (χ1v) is 8.86. The Morgan fingerprint density at radius 1 is 1.15 bits per heavy atom. The smallest absolute Gasteiger partial charge is 0.229 e. The number of anilines is 1. The van der Waals surface area contributed by atoms with Gasteiger partial charge in [-0.3, -0.25) is 9.59 Å². The van der Waals surface area contributed by atoms with Gasteiger partial charge in [0.05, 0.1) is 25.8 Å². The minimum atomic E-state index is -0.380. The molecule has 0 saturated carbocycles. The van der Waals surface area contributed by atoms with Crippen LogP contribution in [-0.4, -0.2) is 37.5 Å². The second-order valence-corrected chi connectivity index (χ2v) is 6.72. The van der Waals surface area contributed by atoms with Gasteiger partial charge in [0.25, 0.3) is 0 Å². The molecule has 1 N–H and O–H groups in total. The molecule has 0 aliphatic carbocycles. The largest absolute Gasteiger partial charge is 0.497 e. The number of benzene rings is 2. The number of nitrogens with one attached hydrogen (secondary N) is 1. The zero-order valence-corrected chi connectivity index (χ0v) is 15.8. The molecule has 142 valence electrons. The first-order valence-electron chi connectivity index (χ1n) is 8.86. The summed E-state index contributed by atoms with van der Waals surface area (Å²) in [6.07, 6.45) is 0.218. The van der Waals surface area contributed by atoms with E-state index in [4.69, 9.17) is 9.47 Å². The molecule has 1 heterocycles. The molecule has 2 aromatic rings. The Morgan fingerprint density at radius 2 is 1.89 bits per heavy atom. The zero-order chi connectivity index (χ0) is 19.4. The van der Waals surface area contributed by atoms with E-state index in [9.17, 15) is 9.59 Å². The number of hydrogen-bond acceptors (Lipinski definition) is 4. The summed E-state index contributed by atoms with van der Waals surface area (Å²) in [4.78, 5) is 26.7. The van der Waals surface area contributed by atoms with Crippen LogP contribution in [-0.2, 0) is 16.1 Å². The second-order valence-electron chi connectivity index (χ2n) is 6.72. The lowest BCUT2D eigenvalue weighted by molar-refractivity contribution is -0.128. The van der Waals surface area contributed by atoms with E-state index < -0.39 is 0 Å². The van der Waals surface area contributed by atoms with Crippen molar-refractivity contribution in [1.82, 2.24) is 4.90 Å². The van der Waals surface area contributed by atoms with Crippen LogP contribution in [0.15, 0.2) is 42.5 Å². The van der Waals surface area contributed by atoms with Crippen LogP contribution in [0.5, 0.6) is 11.5 Å². The topological polar surface area (TPSA) is 67.9 Å². The highest BCUT2D eigenvalue weighted by atomic mass is 16.5. The molecule has 0 spiro atoms. The van der Waals surface area contributed by atoms with E-state index in [2.05, 4.69) is 5.32 Å². The average molecular weight is 368 g/mol. The Kier molecular flexibility index (Phi) is 5.64. The summed E-state index contributed by atoms with van der Waals surface area (Å²) in [5.41, 5.74) is 2.80. The average Bonchev–Trinajstić information content (AvgIpc) is 3.04. The molecule has 3 rings (SSSR count). The van der Waals surface area contributed by atoms with E-state index >= 15 is 0 Å². The predicted octanol–water partition coefficient (Wildman–Crippen LogP) is 3.00. The lowest BCUT2D eigenvalue weighted by atomic mass is 10.1. The highest BCUT2D eigenvalue weighted by Crippen LogP contribution is 2.30. The number of carbonyl (C=O) groups is 2. The van der Waals surface area contributed by atoms with Crippen molar-refractivity contribution in [3.05, 3.63) is 53.6 Å². The number of aryl methyl sites for hydroxylation is 1. The van der Waals surface area contributed by atoms with Crippen LogP contribution < -0.4 is 14.8 Å². The summed E-state index contributed by atoms with van der Waals surface area (Å²) < 4.78 is 10.5. The Morgan fingerprint density at radius 3 is 2.56 bits per heavy atom. The van der Waals surface area contributed by atoms with Gasteiger partial charge in [0.15, 0.2) is 0 Å². The molecule has 2 aromatic carbocycles. The Bertz CT molecular complexity index is 833. The standard InChI is InChI=1S/C21H24N2O4/c1-14-4-6-15(7-5-14)12-23-13-16(10-20(23)24)21(25)22-18-9-8-17(26-2)11-19(18)27-3/h4-9,11,16H,10,12-13H2,1-3H3,(H,22,25)/t16-/m1/s1. The minimum absolute atomic E-state index is 0.00239. The van der Waals surface area contributed by atoms with Gasteiger partial charge in [0.1, 0.15) is 11.5 Å². The molecule has 0 unspecified atom stereocenters. The molecule has 1 aliphatic heterocycles. The van der Waals surface area contributed by atoms with Gasteiger partial charge in [-0.15, -0.1) is 0 Å². The van der Waals surface area contributed by atoms with Gasteiger partial charge in [-0.1, -0.05) is 29.8 Å². The summed E-state index contributed by atoms with van der Waals surface area (Å²) in [7, 11) is 3.10. The lowest BCUT2D eigenvalue weighted by Gasteiger charge is -2.17. The van der Waals surface area contributed by atoms with Gasteiger partial charge < -0.3 is 19.7 Å². The maximum atomic E-state index is 12.6. The van der Waals surface area contributed by atoms with Crippen LogP contribution in [0.3, 0.4) is 0 Å². The maximum Gasteiger partial charge on any atom is 0.229 e. The Hall–Kier alpha value is -3.02. The van der Waals surface area contributed by atoms with Crippen molar-refractivity contribution >= 4 is 17.5 Å². The maximum absolute atomic E-state index is 12.6. The number of nitrogens with zero attached hydrogens (tertiary/aromatic N) is 1. The van der Waals surface area contributed by atoms with Crippen molar-refractivity contribution < 1.29 is 19.1 Å². The van der Waals surface area contributed by atoms with E-state index in [-0.39, 0.29) is 24.2 Å². The third-order valence-electron chi connectivity index (χ3n) is 4.75. The zero-order valence-electron chi connectivity index (χ0n) is 15.8. The molecule has 1 atom stereocenters. The molecule has 6 nitrogen and oxygen atoms in total. The van der Waals surface area contributed by atoms with E-state index in [1.165, 1.54) is 12.7 Å². The molecule has 0 radical (unpaired) electrons. The molecule has 0 aromatic heterocycles. The molecule has 2 amide bonds. The highest BCUT2D eigenvalue weighted by molar-refractivity contribution is 5.98. The summed E-state index contributed by atoms with van der Waals surface area (Å²) in [6, 6.07) is 13.3. The fourth-order valence-corrected chi connectivity index (χ4v) is 3.15. The van der Waals surface area contributed by atoms with Gasteiger partial charge >= 0.3 is 0 Å². The van der Waals surface area contributed by atoms with Gasteiger partial charge in [0.2, 0.25) is 11.8 Å². The molecule has 6 heteroatoms. The molecule has 1 fully saturated rings. The van der Waals surface area contributed by atoms with Crippen LogP contribution in [0.25, 0.3) is 0 Å². The van der Waals surface area contributed by atoms with Gasteiger partial charge in [-0.25, -0.2) is 0 Å². The monoisotopic (exact) mass is 368 g/mol. The number of rotatable bonds is 6. The second kappa shape index (κ2) is 8.12. The van der Waals surface area contributed by atoms with E-state index in [1.807, 2.05) is 31.2 Å². The number of carbonyl (C=O) groups excluding carboxylic acids is 2. The number of methoxy groups -OCH3 is 2. The van der Waals surface area contributed by atoms with Crippen LogP contribution in [0, 0.1) is 12.8 Å². The highest BCUT2D eigenvalue weighted by Gasteiger charge is 2.34. The fourth-order valence-electron chi connectivity index (χ4n) is 3.15. The van der Waals surface area contributed by atoms with Crippen molar-refractivity contribution in [1.29, 1.82) is 0 Å². The number of ether oxygens (including phenoxy) is 2. The van der Waals surface area contributed by atoms with Gasteiger partial charge in [-0.2, -0.15) is 0 Å². The molecule has 1 aliphatic rings. The first kappa shape index (κ1) is 18.8. The van der Waals surface area contributed by atoms with Gasteiger partial charge in [0, 0.05) is 25.6 Å². The van der Waals surface area contributed by atoms with Crippen molar-refractivity contribution in [3.63, 3.8) is 0 Å². The van der Waals surface area contributed by atoms with Gasteiger partial charge in [-0.05, 0) is 24.6 Å². The normalized spacial score (nSPS) is 16.3. The van der Waals surface area contributed by atoms with Crippen LogP contribution >= 0.6 is 0 Å². The van der Waals surface area contributed by atoms with E-state index in [1.54, 1.807) is 30.2 Å². The van der Waals surface area contributed by atoms with Crippen LogP contribution in [0.2, 0.25) is 0 Å². The molecule has 27 heavy (non-hydrogen) atoms. The molecular formula is C21H24N2O4. The Labute approximate surface area is 159 Å². The van der Waals surface area contributed by atoms with Crippen molar-refractivity contribution in [2.45, 2.75) is 19.9 Å². The SMILES string of the molecule is COc1ccc(NC(=O)[C@@H]2CC(=O)N(Cc3ccc(C)cc3)C2)c(OC)c1. The van der Waals surface area contributed by atoms with Crippen molar-refractivity contribution in [2.75, 3.05) is 26.1 Å². The predicted molar refractivity (Wildman–Crippen MR) is 103 cm³/mol. The third-order valence-corrected chi connectivity index (χ3v) is 4.75. The number of likely N-dealkylation sites (tertiary alicyclic amines) is 1. The summed E-state index contributed by atoms with van der Waals surface area (Å²) in [6.45, 7) is 2.96. The quantitative estimate of drug-likeness (QED) is 0.851. The van der Waals surface area contributed by atoms with E-state index in [0.29, 0.717) is 30.3 Å². The summed E-state index contributed by atoms with van der Waals surface area (Å²) >= 11 is 0. The number of amides is 2. The fraction of sp³-hybridized carbons (Fsp3) is 0.333. The van der Waals surface area contributed by atoms with Crippen LogP contribution in [0.4, 0.5) is 5.69 Å². The lowest BCUT2D eigenvalue weighted by Crippen LogP contribution is -2.28. The summed E-state index contributed by atoms with van der Waals surface area (Å²) in [5.74, 6) is 0.596. The minimum Gasteiger partial charge on any atom is -0.497 e. The van der Waals surface area contributed by atoms with Crippen molar-refractivity contribution in [3.8, 4) is 11.5 Å².